The normalized spacial score (nSPS) is 15.5. The molecule has 0 atom stereocenters. The van der Waals surface area contributed by atoms with Gasteiger partial charge in [0.15, 0.2) is 0 Å². The monoisotopic (exact) mass is 356 g/mol. The van der Waals surface area contributed by atoms with Crippen molar-refractivity contribution in [2.45, 2.75) is 59.1 Å². The molecule has 25 heavy (non-hydrogen) atoms. The van der Waals surface area contributed by atoms with Gasteiger partial charge in [0.05, 0.1) is 0 Å². The summed E-state index contributed by atoms with van der Waals surface area (Å²) < 4.78 is 5.11. The van der Waals surface area contributed by atoms with Gasteiger partial charge in [-0.3, -0.25) is 4.79 Å². The third-order valence-corrected chi connectivity index (χ3v) is 4.01. The minimum Gasteiger partial charge on any atom is -0.444 e. The second kappa shape index (κ2) is 9.48. The van der Waals surface area contributed by atoms with E-state index in [0.717, 1.165) is 0 Å². The Kier molecular flexibility index (Phi) is 7.99. The number of urea groups is 1. The Labute approximate surface area is 150 Å². The Bertz CT molecular complexity index is 464. The molecule has 0 radical (unpaired) electrons. The first-order valence-electron chi connectivity index (χ1n) is 8.96. The SMILES string of the molecule is CCN(CC)C(=O)NC1CCN(C(=O)CNC(=O)OC(C)(C)C)CC1. The van der Waals surface area contributed by atoms with Crippen molar-refractivity contribution in [3.63, 3.8) is 0 Å². The Hall–Kier alpha value is -1.99. The number of amides is 4. The number of hydrogen-bond donors (Lipinski definition) is 2. The van der Waals surface area contributed by atoms with Crippen LogP contribution in [0, 0.1) is 0 Å². The van der Waals surface area contributed by atoms with E-state index >= 15 is 0 Å². The highest BCUT2D eigenvalue weighted by molar-refractivity contribution is 5.82. The zero-order valence-corrected chi connectivity index (χ0v) is 16.1. The zero-order valence-electron chi connectivity index (χ0n) is 16.1. The quantitative estimate of drug-likeness (QED) is 0.782. The van der Waals surface area contributed by atoms with Crippen molar-refractivity contribution in [2.75, 3.05) is 32.7 Å². The average Bonchev–Trinajstić information content (AvgIpc) is 2.53. The van der Waals surface area contributed by atoms with Crippen LogP contribution >= 0.6 is 0 Å². The lowest BCUT2D eigenvalue weighted by molar-refractivity contribution is -0.131. The van der Waals surface area contributed by atoms with E-state index in [1.165, 1.54) is 0 Å². The number of hydrogen-bond acceptors (Lipinski definition) is 4. The van der Waals surface area contributed by atoms with Crippen LogP contribution in [0.25, 0.3) is 0 Å². The first-order valence-corrected chi connectivity index (χ1v) is 8.96. The lowest BCUT2D eigenvalue weighted by Crippen LogP contribution is -2.51. The molecule has 1 saturated heterocycles. The highest BCUT2D eigenvalue weighted by Crippen LogP contribution is 2.11. The van der Waals surface area contributed by atoms with Gasteiger partial charge in [-0.1, -0.05) is 0 Å². The molecule has 1 fully saturated rings. The third kappa shape index (κ3) is 7.62. The first-order chi connectivity index (χ1) is 11.7. The molecule has 0 unspecified atom stereocenters. The molecule has 2 N–H and O–H groups in total. The van der Waals surface area contributed by atoms with Crippen molar-refractivity contribution in [1.29, 1.82) is 0 Å². The minimum atomic E-state index is -0.595. The van der Waals surface area contributed by atoms with Crippen LogP contribution in [0.1, 0.15) is 47.5 Å². The lowest BCUT2D eigenvalue weighted by atomic mass is 10.1. The number of carbonyl (C=O) groups is 3. The summed E-state index contributed by atoms with van der Waals surface area (Å²) in [6, 6.07) is 0.0253. The van der Waals surface area contributed by atoms with E-state index in [1.807, 2.05) is 13.8 Å². The molecule has 8 heteroatoms. The topological polar surface area (TPSA) is 91.0 Å². The van der Waals surface area contributed by atoms with Crippen LogP contribution in [-0.2, 0) is 9.53 Å². The van der Waals surface area contributed by atoms with Crippen LogP contribution in [0.4, 0.5) is 9.59 Å². The first kappa shape index (κ1) is 21.1. The van der Waals surface area contributed by atoms with Gasteiger partial charge in [0.1, 0.15) is 12.1 Å². The smallest absolute Gasteiger partial charge is 0.408 e. The van der Waals surface area contributed by atoms with E-state index in [9.17, 15) is 14.4 Å². The predicted octanol–water partition coefficient (Wildman–Crippen LogP) is 1.55. The van der Waals surface area contributed by atoms with Gasteiger partial charge in [0, 0.05) is 32.2 Å². The van der Waals surface area contributed by atoms with Gasteiger partial charge >= 0.3 is 12.1 Å². The molecule has 0 bridgehead atoms. The van der Waals surface area contributed by atoms with Crippen molar-refractivity contribution >= 4 is 18.0 Å². The van der Waals surface area contributed by atoms with E-state index in [1.54, 1.807) is 30.6 Å². The van der Waals surface area contributed by atoms with Gasteiger partial charge in [-0.05, 0) is 47.5 Å². The summed E-state index contributed by atoms with van der Waals surface area (Å²) in [4.78, 5) is 39.2. The van der Waals surface area contributed by atoms with E-state index in [2.05, 4.69) is 10.6 Å². The molecule has 144 valence electrons. The number of nitrogens with zero attached hydrogens (tertiary/aromatic N) is 2. The minimum absolute atomic E-state index is 0.0543. The van der Waals surface area contributed by atoms with E-state index in [4.69, 9.17) is 4.74 Å². The Balaban J connectivity index is 2.32. The second-order valence-electron chi connectivity index (χ2n) is 7.13. The molecule has 1 rings (SSSR count). The van der Waals surface area contributed by atoms with E-state index in [0.29, 0.717) is 39.0 Å². The number of ether oxygens (including phenoxy) is 1. The van der Waals surface area contributed by atoms with Crippen LogP contribution in [0.15, 0.2) is 0 Å². The molecular formula is C17H32N4O4. The van der Waals surface area contributed by atoms with Crippen LogP contribution < -0.4 is 10.6 Å². The fraction of sp³-hybridized carbons (Fsp3) is 0.824. The maximum Gasteiger partial charge on any atom is 0.408 e. The standard InChI is InChI=1S/C17H32N4O4/c1-6-20(7-2)15(23)19-13-8-10-21(11-9-13)14(22)12-18-16(24)25-17(3,4)5/h13H,6-12H2,1-5H3,(H,18,24)(H,19,23). The van der Waals surface area contributed by atoms with Crippen molar-refractivity contribution in [3.05, 3.63) is 0 Å². The fourth-order valence-corrected chi connectivity index (χ4v) is 2.62. The van der Waals surface area contributed by atoms with Crippen LogP contribution in [0.5, 0.6) is 0 Å². The molecule has 0 aromatic rings. The van der Waals surface area contributed by atoms with Gasteiger partial charge < -0.3 is 25.2 Å². The average molecular weight is 356 g/mol. The number of carbonyl (C=O) groups excluding carboxylic acids is 3. The Morgan fingerprint density at radius 1 is 1.12 bits per heavy atom. The maximum absolute atomic E-state index is 12.2. The number of piperidine rings is 1. The van der Waals surface area contributed by atoms with Crippen molar-refractivity contribution in [1.82, 2.24) is 20.4 Å². The fourth-order valence-electron chi connectivity index (χ4n) is 2.62. The van der Waals surface area contributed by atoms with Gasteiger partial charge in [0.2, 0.25) is 5.91 Å². The molecular weight excluding hydrogens is 324 g/mol. The molecule has 0 aliphatic carbocycles. The lowest BCUT2D eigenvalue weighted by Gasteiger charge is -2.33. The molecule has 4 amide bonds. The summed E-state index contributed by atoms with van der Waals surface area (Å²) in [6.07, 6.45) is 0.832. The molecule has 1 heterocycles. The molecule has 0 aromatic carbocycles. The summed E-state index contributed by atoms with van der Waals surface area (Å²) in [7, 11) is 0. The van der Waals surface area contributed by atoms with Gasteiger partial charge in [-0.15, -0.1) is 0 Å². The summed E-state index contributed by atoms with van der Waals surface area (Å²) >= 11 is 0. The number of alkyl carbamates (subject to hydrolysis) is 1. The zero-order chi connectivity index (χ0) is 19.0. The van der Waals surface area contributed by atoms with Crippen molar-refractivity contribution in [2.24, 2.45) is 0 Å². The Morgan fingerprint density at radius 3 is 2.16 bits per heavy atom. The van der Waals surface area contributed by atoms with E-state index in [-0.39, 0.29) is 24.5 Å². The predicted molar refractivity (Wildman–Crippen MR) is 95.3 cm³/mol. The maximum atomic E-state index is 12.2. The summed E-state index contributed by atoms with van der Waals surface area (Å²) in [5, 5.41) is 5.50. The van der Waals surface area contributed by atoms with Crippen LogP contribution in [0.3, 0.4) is 0 Å². The Morgan fingerprint density at radius 2 is 1.68 bits per heavy atom. The molecule has 1 aliphatic rings. The van der Waals surface area contributed by atoms with Gasteiger partial charge in [-0.2, -0.15) is 0 Å². The summed E-state index contributed by atoms with van der Waals surface area (Å²) in [6.45, 7) is 11.6. The van der Waals surface area contributed by atoms with Crippen LogP contribution in [0.2, 0.25) is 0 Å². The van der Waals surface area contributed by atoms with Crippen molar-refractivity contribution < 1.29 is 19.1 Å². The largest absolute Gasteiger partial charge is 0.444 e. The number of likely N-dealkylation sites (tertiary alicyclic amines) is 1. The van der Waals surface area contributed by atoms with Gasteiger partial charge in [0.25, 0.3) is 0 Å². The van der Waals surface area contributed by atoms with Gasteiger partial charge in [-0.25, -0.2) is 9.59 Å². The van der Waals surface area contributed by atoms with E-state index < -0.39 is 11.7 Å². The summed E-state index contributed by atoms with van der Waals surface area (Å²) in [5.41, 5.74) is -0.589. The molecule has 0 saturated carbocycles. The molecule has 1 aliphatic heterocycles. The van der Waals surface area contributed by atoms with Crippen molar-refractivity contribution in [3.8, 4) is 0 Å². The summed E-state index contributed by atoms with van der Waals surface area (Å²) in [5.74, 6) is -0.139. The molecule has 8 nitrogen and oxygen atoms in total. The molecule has 0 spiro atoms. The number of rotatable bonds is 5. The highest BCUT2D eigenvalue weighted by Gasteiger charge is 2.25. The third-order valence-electron chi connectivity index (χ3n) is 4.01. The van der Waals surface area contributed by atoms with Crippen LogP contribution in [-0.4, -0.2) is 72.2 Å². The second-order valence-corrected chi connectivity index (χ2v) is 7.13. The highest BCUT2D eigenvalue weighted by atomic mass is 16.6. The number of nitrogens with one attached hydrogen (secondary N) is 2. The molecule has 0 aromatic heterocycles.